The van der Waals surface area contributed by atoms with Crippen molar-refractivity contribution >= 4 is 0 Å². The van der Waals surface area contributed by atoms with Crippen molar-refractivity contribution in [3.8, 4) is 23.0 Å². The van der Waals surface area contributed by atoms with Crippen molar-refractivity contribution in [1.29, 1.82) is 0 Å². The number of rotatable bonds is 10. The molecule has 1 saturated heterocycles. The van der Waals surface area contributed by atoms with Crippen molar-refractivity contribution < 1.29 is 24.1 Å². The quantitative estimate of drug-likeness (QED) is 0.422. The van der Waals surface area contributed by atoms with E-state index in [1.807, 2.05) is 0 Å². The summed E-state index contributed by atoms with van der Waals surface area (Å²) in [4.78, 5) is 5.24. The smallest absolute Gasteiger partial charge is 0.161 e. The van der Waals surface area contributed by atoms with Gasteiger partial charge in [-0.2, -0.15) is 0 Å². The lowest BCUT2D eigenvalue weighted by atomic mass is 9.72. The molecular formula is C33H48N2O5. The number of methoxy groups -OCH3 is 4. The van der Waals surface area contributed by atoms with Crippen molar-refractivity contribution in [1.82, 2.24) is 9.80 Å². The average Bonchev–Trinajstić information content (AvgIpc) is 2.99. The van der Waals surface area contributed by atoms with Crippen LogP contribution in [0.25, 0.3) is 0 Å². The van der Waals surface area contributed by atoms with Gasteiger partial charge in [0.15, 0.2) is 23.0 Å². The van der Waals surface area contributed by atoms with Crippen LogP contribution in [0.4, 0.5) is 0 Å². The highest BCUT2D eigenvalue weighted by molar-refractivity contribution is 5.51. The van der Waals surface area contributed by atoms with Crippen LogP contribution in [0.2, 0.25) is 0 Å². The summed E-state index contributed by atoms with van der Waals surface area (Å²) >= 11 is 0. The molecule has 0 radical (unpaired) electrons. The van der Waals surface area contributed by atoms with E-state index in [-0.39, 0.29) is 12.1 Å². The summed E-state index contributed by atoms with van der Waals surface area (Å²) in [5, 5.41) is 10.7. The second-order valence-electron chi connectivity index (χ2n) is 11.8. The Morgan fingerprint density at radius 3 is 1.98 bits per heavy atom. The van der Waals surface area contributed by atoms with E-state index in [0.717, 1.165) is 74.7 Å². The first kappa shape index (κ1) is 29.0. The Hall–Kier alpha value is -2.48. The van der Waals surface area contributed by atoms with E-state index in [2.05, 4.69) is 47.9 Å². The molecule has 0 saturated carbocycles. The first-order chi connectivity index (χ1) is 19.4. The van der Waals surface area contributed by atoms with Crippen LogP contribution in [0.1, 0.15) is 73.9 Å². The SMILES string of the molecule is CCC(O)CN1CCc2cc(OC)c(OC)cc2[C@H]1C[C@H]1C[C@H]2c3cc(OC)c(OC)cc3CCN2C[C@@H]1CC. The van der Waals surface area contributed by atoms with E-state index in [9.17, 15) is 5.11 Å². The van der Waals surface area contributed by atoms with Gasteiger partial charge >= 0.3 is 0 Å². The summed E-state index contributed by atoms with van der Waals surface area (Å²) in [6, 6.07) is 9.42. The molecule has 1 N–H and O–H groups in total. The number of aliphatic hydroxyl groups is 1. The van der Waals surface area contributed by atoms with Gasteiger partial charge in [0.2, 0.25) is 0 Å². The largest absolute Gasteiger partial charge is 0.493 e. The van der Waals surface area contributed by atoms with Gasteiger partial charge in [0, 0.05) is 38.3 Å². The van der Waals surface area contributed by atoms with Crippen LogP contribution in [0, 0.1) is 11.8 Å². The Labute approximate surface area is 240 Å². The van der Waals surface area contributed by atoms with Gasteiger partial charge in [-0.15, -0.1) is 0 Å². The number of nitrogens with zero attached hydrogens (tertiary/aromatic N) is 2. The van der Waals surface area contributed by atoms with Crippen molar-refractivity contribution in [2.75, 3.05) is 54.6 Å². The van der Waals surface area contributed by atoms with Crippen LogP contribution < -0.4 is 18.9 Å². The lowest BCUT2D eigenvalue weighted by Crippen LogP contribution is -2.47. The van der Waals surface area contributed by atoms with E-state index >= 15 is 0 Å². The Balaban J connectivity index is 1.49. The highest BCUT2D eigenvalue weighted by Gasteiger charge is 2.41. The van der Waals surface area contributed by atoms with Gasteiger partial charge in [0.05, 0.1) is 34.5 Å². The minimum absolute atomic E-state index is 0.240. The molecule has 3 aliphatic heterocycles. The van der Waals surface area contributed by atoms with E-state index < -0.39 is 0 Å². The molecule has 7 nitrogen and oxygen atoms in total. The highest BCUT2D eigenvalue weighted by atomic mass is 16.5. The lowest BCUT2D eigenvalue weighted by molar-refractivity contribution is 0.0207. The second kappa shape index (κ2) is 12.6. The van der Waals surface area contributed by atoms with Crippen molar-refractivity contribution in [2.24, 2.45) is 11.8 Å². The van der Waals surface area contributed by atoms with E-state index in [0.29, 0.717) is 24.4 Å². The molecule has 0 amide bonds. The molecule has 7 heteroatoms. The molecule has 2 aromatic carbocycles. The normalized spacial score (nSPS) is 25.4. The molecular weight excluding hydrogens is 504 g/mol. The fourth-order valence-electron chi connectivity index (χ4n) is 7.52. The molecule has 1 unspecified atom stereocenters. The summed E-state index contributed by atoms with van der Waals surface area (Å²) in [5.41, 5.74) is 5.47. The van der Waals surface area contributed by atoms with Crippen molar-refractivity contribution in [3.63, 3.8) is 0 Å². The number of ether oxygens (including phenoxy) is 4. The number of benzene rings is 2. The molecule has 1 fully saturated rings. The summed E-state index contributed by atoms with van der Waals surface area (Å²) in [6.45, 7) is 8.29. The standard InChI is InChI=1S/C33H48N2O5/c1-7-21-19-34-11-9-22-15-30(37-3)32(39-5)17-26(22)28(34)13-24(21)14-29-27-18-33(40-6)31(38-4)16-23(27)10-12-35(29)20-25(36)8-2/h15-18,21,24-25,28-29,36H,7-14,19-20H2,1-6H3/t21-,24+,25?,28-,29+/m0/s1. The predicted octanol–water partition coefficient (Wildman–Crippen LogP) is 5.43. The molecule has 220 valence electrons. The lowest BCUT2D eigenvalue weighted by Gasteiger charge is -2.49. The molecule has 40 heavy (non-hydrogen) atoms. The van der Waals surface area contributed by atoms with Gasteiger partial charge in [-0.1, -0.05) is 20.3 Å². The number of aliphatic hydroxyl groups excluding tert-OH is 1. The van der Waals surface area contributed by atoms with Crippen LogP contribution in [0.3, 0.4) is 0 Å². The predicted molar refractivity (Wildman–Crippen MR) is 158 cm³/mol. The summed E-state index contributed by atoms with van der Waals surface area (Å²) in [5.74, 6) is 4.43. The Morgan fingerprint density at radius 2 is 1.38 bits per heavy atom. The van der Waals surface area contributed by atoms with Crippen molar-refractivity contribution in [2.45, 2.75) is 70.6 Å². The maximum atomic E-state index is 10.7. The topological polar surface area (TPSA) is 63.6 Å². The van der Waals surface area contributed by atoms with Gasteiger partial charge in [0.25, 0.3) is 0 Å². The zero-order valence-electron chi connectivity index (χ0n) is 25.2. The number of β-amino-alcohol motifs (C(OH)–C–C–N with tert-alkyl or cyclic N) is 1. The van der Waals surface area contributed by atoms with E-state index in [4.69, 9.17) is 18.9 Å². The summed E-state index contributed by atoms with van der Waals surface area (Å²) < 4.78 is 22.8. The van der Waals surface area contributed by atoms with E-state index in [1.54, 1.807) is 28.4 Å². The molecule has 0 aliphatic carbocycles. The fraction of sp³-hybridized carbons (Fsp3) is 0.636. The van der Waals surface area contributed by atoms with Gasteiger partial charge in [-0.3, -0.25) is 9.80 Å². The van der Waals surface area contributed by atoms with E-state index in [1.165, 1.54) is 28.7 Å². The van der Waals surface area contributed by atoms with Gasteiger partial charge < -0.3 is 24.1 Å². The first-order valence-electron chi connectivity index (χ1n) is 15.1. The summed E-state index contributed by atoms with van der Waals surface area (Å²) in [7, 11) is 6.87. The molecule has 3 heterocycles. The average molecular weight is 553 g/mol. The van der Waals surface area contributed by atoms with Crippen LogP contribution in [0.15, 0.2) is 24.3 Å². The number of piperidine rings is 1. The molecule has 2 aromatic rings. The maximum absolute atomic E-state index is 10.7. The minimum Gasteiger partial charge on any atom is -0.493 e. The van der Waals surface area contributed by atoms with Gasteiger partial charge in [0.1, 0.15) is 0 Å². The third kappa shape index (κ3) is 5.53. The Kier molecular flexibility index (Phi) is 9.13. The highest BCUT2D eigenvalue weighted by Crippen LogP contribution is 2.49. The van der Waals surface area contributed by atoms with Crippen LogP contribution in [-0.2, 0) is 12.8 Å². The molecule has 0 aromatic heterocycles. The molecule has 5 atom stereocenters. The number of hydrogen-bond acceptors (Lipinski definition) is 7. The number of hydrogen-bond donors (Lipinski definition) is 1. The zero-order valence-corrected chi connectivity index (χ0v) is 25.2. The maximum Gasteiger partial charge on any atom is 0.161 e. The van der Waals surface area contributed by atoms with Crippen molar-refractivity contribution in [3.05, 3.63) is 46.5 Å². The Bertz CT molecular complexity index is 1170. The van der Waals surface area contributed by atoms with Crippen LogP contribution >= 0.6 is 0 Å². The monoisotopic (exact) mass is 552 g/mol. The third-order valence-corrected chi connectivity index (χ3v) is 9.86. The van der Waals surface area contributed by atoms with Gasteiger partial charge in [-0.25, -0.2) is 0 Å². The van der Waals surface area contributed by atoms with Crippen LogP contribution in [0.5, 0.6) is 23.0 Å². The molecule has 5 rings (SSSR count). The van der Waals surface area contributed by atoms with Crippen LogP contribution in [-0.4, -0.2) is 75.6 Å². The van der Waals surface area contributed by atoms with Gasteiger partial charge in [-0.05, 0) is 90.5 Å². The zero-order chi connectivity index (χ0) is 28.4. The number of fused-ring (bicyclic) bond motifs is 4. The molecule has 0 spiro atoms. The second-order valence-corrected chi connectivity index (χ2v) is 11.8. The summed E-state index contributed by atoms with van der Waals surface area (Å²) in [6.07, 6.45) is 5.83. The Morgan fingerprint density at radius 1 is 0.800 bits per heavy atom. The third-order valence-electron chi connectivity index (χ3n) is 9.86. The minimum atomic E-state index is -0.319. The first-order valence-corrected chi connectivity index (χ1v) is 15.1. The molecule has 0 bridgehead atoms. The molecule has 3 aliphatic rings. The fourth-order valence-corrected chi connectivity index (χ4v) is 7.52.